The van der Waals surface area contributed by atoms with Gasteiger partial charge >= 0.3 is 0 Å². The van der Waals surface area contributed by atoms with E-state index in [-0.39, 0.29) is 17.9 Å². The van der Waals surface area contributed by atoms with Crippen molar-refractivity contribution < 1.29 is 18.9 Å². The first-order valence-electron chi connectivity index (χ1n) is 20.1. The van der Waals surface area contributed by atoms with Crippen LogP contribution in [-0.4, -0.2) is 31.1 Å². The van der Waals surface area contributed by atoms with Crippen molar-refractivity contribution in [2.75, 3.05) is 7.11 Å². The van der Waals surface area contributed by atoms with Crippen LogP contribution >= 0.6 is 0 Å². The Morgan fingerprint density at radius 1 is 0.467 bits per heavy atom. The zero-order valence-corrected chi connectivity index (χ0v) is 34.6. The average molecular weight is 816 g/mol. The Morgan fingerprint density at radius 3 is 1.37 bits per heavy atom. The van der Waals surface area contributed by atoms with E-state index >= 15 is 0 Å². The number of methoxy groups -OCH3 is 1. The Bertz CT molecular complexity index is 2030. The highest BCUT2D eigenvalue weighted by Crippen LogP contribution is 2.29. The lowest BCUT2D eigenvalue weighted by molar-refractivity contribution is 0.0168. The van der Waals surface area contributed by atoms with Crippen molar-refractivity contribution >= 4 is 17.9 Å². The van der Waals surface area contributed by atoms with Crippen LogP contribution in [0.15, 0.2) is 142 Å². The minimum Gasteiger partial charge on any atom is -0.493 e. The van der Waals surface area contributed by atoms with Gasteiger partial charge in [-0.1, -0.05) is 135 Å². The van der Waals surface area contributed by atoms with Crippen molar-refractivity contribution in [3.05, 3.63) is 166 Å². The third kappa shape index (κ3) is 18.8. The molecule has 6 rings (SSSR count). The van der Waals surface area contributed by atoms with Gasteiger partial charge < -0.3 is 53.3 Å². The van der Waals surface area contributed by atoms with Crippen molar-refractivity contribution in [3.8, 4) is 11.5 Å². The number of nitrogens with two attached hydrogens (primary N) is 6. The highest BCUT2D eigenvalue weighted by Gasteiger charge is 2.13. The Labute approximate surface area is 354 Å². The normalized spacial score (nSPS) is 12.0. The summed E-state index contributed by atoms with van der Waals surface area (Å²) in [5.41, 5.74) is 39.6. The molecule has 0 spiro atoms. The summed E-state index contributed by atoms with van der Waals surface area (Å²) in [7, 11) is 1.61. The van der Waals surface area contributed by atoms with Gasteiger partial charge in [0.25, 0.3) is 0 Å². The average Bonchev–Trinajstić information content (AvgIpc) is 3.28. The smallest absolute Gasteiger partial charge is 0.186 e. The van der Waals surface area contributed by atoms with Gasteiger partial charge in [0.05, 0.1) is 52.7 Å². The molecule has 0 heterocycles. The summed E-state index contributed by atoms with van der Waals surface area (Å²) in [5, 5.41) is 0. The van der Waals surface area contributed by atoms with Gasteiger partial charge in [-0.25, -0.2) is 15.0 Å². The molecule has 0 unspecified atom stereocenters. The first kappa shape index (κ1) is 46.1. The number of hydrogen-bond donors (Lipinski definition) is 6. The van der Waals surface area contributed by atoms with Crippen LogP contribution < -0.4 is 43.9 Å². The number of ether oxygens (including phenoxy) is 4. The lowest BCUT2D eigenvalue weighted by Gasteiger charge is -2.22. The molecule has 5 aromatic carbocycles. The van der Waals surface area contributed by atoms with Gasteiger partial charge in [0.1, 0.15) is 6.61 Å². The molecule has 1 aliphatic rings. The summed E-state index contributed by atoms with van der Waals surface area (Å²) in [5.74, 6) is 1.66. The van der Waals surface area contributed by atoms with Crippen LogP contribution in [0.4, 0.5) is 0 Å². The minimum atomic E-state index is 0.0679. The number of benzene rings is 5. The monoisotopic (exact) mass is 815 g/mol. The molecule has 12 N–H and O–H groups in total. The summed E-state index contributed by atoms with van der Waals surface area (Å²) in [6.07, 6.45) is 6.85. The fourth-order valence-electron chi connectivity index (χ4n) is 6.00. The number of hydrogen-bond acceptors (Lipinski definition) is 7. The molecule has 1 fully saturated rings. The van der Waals surface area contributed by atoms with E-state index in [1.54, 1.807) is 7.11 Å². The van der Waals surface area contributed by atoms with Crippen LogP contribution in [-0.2, 0) is 55.5 Å². The molecular formula is C47H61N9O4. The van der Waals surface area contributed by atoms with E-state index in [0.29, 0.717) is 63.7 Å². The largest absolute Gasteiger partial charge is 0.493 e. The highest BCUT2D eigenvalue weighted by molar-refractivity contribution is 5.76. The van der Waals surface area contributed by atoms with E-state index in [9.17, 15) is 0 Å². The molecule has 1 aliphatic carbocycles. The van der Waals surface area contributed by atoms with Gasteiger partial charge in [0.15, 0.2) is 29.4 Å². The van der Waals surface area contributed by atoms with Crippen molar-refractivity contribution in [2.24, 2.45) is 49.4 Å². The van der Waals surface area contributed by atoms with Crippen LogP contribution in [0.2, 0.25) is 0 Å². The van der Waals surface area contributed by atoms with Crippen LogP contribution in [0.3, 0.4) is 0 Å². The van der Waals surface area contributed by atoms with Crippen LogP contribution in [0.25, 0.3) is 0 Å². The molecule has 60 heavy (non-hydrogen) atoms. The van der Waals surface area contributed by atoms with Crippen LogP contribution in [0.5, 0.6) is 11.5 Å². The van der Waals surface area contributed by atoms with Gasteiger partial charge in [0, 0.05) is 0 Å². The number of guanidine groups is 3. The molecule has 0 atom stereocenters. The number of nitrogens with zero attached hydrogens (tertiary/aromatic N) is 3. The lowest BCUT2D eigenvalue weighted by atomic mass is 9.98. The maximum atomic E-state index is 5.94. The Kier molecular flexibility index (Phi) is 20.3. The second-order valence-electron chi connectivity index (χ2n) is 14.2. The fraction of sp³-hybridized carbons (Fsp3) is 0.298. The van der Waals surface area contributed by atoms with E-state index in [0.717, 1.165) is 27.8 Å². The van der Waals surface area contributed by atoms with Gasteiger partial charge in [-0.3, -0.25) is 0 Å². The standard InChI is InChI=1S/C16H19N3O2.C16H19N3O.C15H23N3O/c1-20-15-9-13(10-19-16(17)18)7-8-14(15)21-11-12-5-3-2-4-6-12;17-16(18)19-10-13-6-8-15(9-7-13)12-20-11-14-4-2-1-3-5-14;16-15(17)18-10-12-6-8-13(9-7-12)11-19-14-4-2-1-3-5-14/h2-9H,10-11H2,1H3,(H4,17,18,19);1-9H,10-12H2,(H4,17,18,19);6-9,14H,1-5,10-11H2,(H4,16,17,18). The molecule has 0 aliphatic heterocycles. The van der Waals surface area contributed by atoms with Gasteiger partial charge in [-0.05, 0) is 63.9 Å². The van der Waals surface area contributed by atoms with E-state index < -0.39 is 0 Å². The summed E-state index contributed by atoms with van der Waals surface area (Å²) < 4.78 is 22.7. The number of aliphatic imine (C=N–C) groups is 3. The second kappa shape index (κ2) is 26.4. The summed E-state index contributed by atoms with van der Waals surface area (Å²) in [6.45, 7) is 3.86. The molecule has 13 nitrogen and oxygen atoms in total. The maximum Gasteiger partial charge on any atom is 0.186 e. The third-order valence-electron chi connectivity index (χ3n) is 9.26. The fourth-order valence-corrected chi connectivity index (χ4v) is 6.00. The molecule has 1 saturated carbocycles. The summed E-state index contributed by atoms with van der Waals surface area (Å²) >= 11 is 0. The zero-order valence-electron chi connectivity index (χ0n) is 34.6. The molecule has 13 heteroatoms. The van der Waals surface area contributed by atoms with Gasteiger partial charge in [-0.2, -0.15) is 0 Å². The number of rotatable bonds is 17. The third-order valence-corrected chi connectivity index (χ3v) is 9.26. The summed E-state index contributed by atoms with van der Waals surface area (Å²) in [4.78, 5) is 11.9. The maximum absolute atomic E-state index is 5.94. The predicted octanol–water partition coefficient (Wildman–Crippen LogP) is 6.53. The van der Waals surface area contributed by atoms with E-state index in [1.165, 1.54) is 43.2 Å². The molecule has 318 valence electrons. The predicted molar refractivity (Wildman–Crippen MR) is 242 cm³/mol. The zero-order chi connectivity index (χ0) is 42.8. The van der Waals surface area contributed by atoms with E-state index in [4.69, 9.17) is 53.3 Å². The molecule has 0 bridgehead atoms. The molecule has 0 saturated heterocycles. The van der Waals surface area contributed by atoms with Crippen molar-refractivity contribution in [1.82, 2.24) is 0 Å². The Morgan fingerprint density at radius 2 is 0.883 bits per heavy atom. The minimum absolute atomic E-state index is 0.0679. The molecular weight excluding hydrogens is 755 g/mol. The first-order valence-corrected chi connectivity index (χ1v) is 20.1. The van der Waals surface area contributed by atoms with Gasteiger partial charge in [0.2, 0.25) is 0 Å². The molecule has 0 amide bonds. The summed E-state index contributed by atoms with van der Waals surface area (Å²) in [6, 6.07) is 42.1. The molecule has 0 radical (unpaired) electrons. The van der Waals surface area contributed by atoms with Crippen LogP contribution in [0.1, 0.15) is 71.0 Å². The van der Waals surface area contributed by atoms with Crippen molar-refractivity contribution in [1.29, 1.82) is 0 Å². The molecule has 5 aromatic rings. The topological polar surface area (TPSA) is 230 Å². The molecule has 0 aromatic heterocycles. The SMILES string of the molecule is COc1cc(CN=C(N)N)ccc1OCc1ccccc1.NC(N)=NCc1ccc(COC2CCCCC2)cc1.NC(N)=NCc1ccc(COCc2ccccc2)cc1. The first-order chi connectivity index (χ1) is 29.2. The Balaban J connectivity index is 0.000000199. The van der Waals surface area contributed by atoms with Gasteiger partial charge in [-0.15, -0.1) is 0 Å². The van der Waals surface area contributed by atoms with E-state index in [1.807, 2.05) is 103 Å². The highest BCUT2D eigenvalue weighted by atomic mass is 16.5. The lowest BCUT2D eigenvalue weighted by Crippen LogP contribution is -2.22. The van der Waals surface area contributed by atoms with Crippen molar-refractivity contribution in [3.63, 3.8) is 0 Å². The second-order valence-corrected chi connectivity index (χ2v) is 14.2. The quantitative estimate of drug-likeness (QED) is 0.0439. The Hall–Kier alpha value is -6.57. The van der Waals surface area contributed by atoms with E-state index in [2.05, 4.69) is 39.2 Å². The van der Waals surface area contributed by atoms with Crippen molar-refractivity contribution in [2.45, 2.75) is 84.3 Å². The van der Waals surface area contributed by atoms with Crippen LogP contribution in [0, 0.1) is 0 Å².